The molecule has 176 valence electrons. The van der Waals surface area contributed by atoms with Crippen LogP contribution in [0.15, 0.2) is 89.9 Å². The number of aliphatic imine (C=N–C) groups is 1. The molecule has 0 saturated carbocycles. The Balaban J connectivity index is 1.45. The van der Waals surface area contributed by atoms with E-state index >= 15 is 0 Å². The van der Waals surface area contributed by atoms with Crippen LogP contribution in [0, 0.1) is 5.82 Å². The smallest absolute Gasteiger partial charge is 0.242 e. The molecule has 5 rings (SSSR count). The SMILES string of the molecule is O=C(Cc1ccccc1)NN1C(CCc2ccccc2)=Nc2c(-c3ccc(F)cc3)n[nH]c2C1I. The highest BCUT2D eigenvalue weighted by atomic mass is 127. The van der Waals surface area contributed by atoms with E-state index in [2.05, 4.69) is 50.3 Å². The van der Waals surface area contributed by atoms with E-state index in [0.717, 1.165) is 29.1 Å². The zero-order valence-corrected chi connectivity index (χ0v) is 20.9. The van der Waals surface area contributed by atoms with E-state index in [0.29, 0.717) is 17.8 Å². The number of aromatic amines is 1. The number of benzene rings is 3. The number of hydrogen-bond acceptors (Lipinski definition) is 4. The Kier molecular flexibility index (Phi) is 6.89. The highest BCUT2D eigenvalue weighted by molar-refractivity contribution is 14.1. The van der Waals surface area contributed by atoms with Crippen molar-refractivity contribution in [3.8, 4) is 11.3 Å². The minimum atomic E-state index is -0.302. The summed E-state index contributed by atoms with van der Waals surface area (Å²) < 4.78 is 13.2. The number of H-pyrrole nitrogens is 1. The summed E-state index contributed by atoms with van der Waals surface area (Å²) in [4.78, 5) is 17.9. The molecule has 35 heavy (non-hydrogen) atoms. The average Bonchev–Trinajstić information content (AvgIpc) is 3.30. The first-order valence-electron chi connectivity index (χ1n) is 11.3. The van der Waals surface area contributed by atoms with Crippen LogP contribution in [0.1, 0.15) is 27.3 Å². The van der Waals surface area contributed by atoms with Crippen molar-refractivity contribution >= 4 is 40.0 Å². The number of aryl methyl sites for hydroxylation is 1. The van der Waals surface area contributed by atoms with Crippen molar-refractivity contribution in [3.05, 3.63) is 108 Å². The van der Waals surface area contributed by atoms with E-state index in [9.17, 15) is 9.18 Å². The molecule has 0 aliphatic carbocycles. The first-order valence-corrected chi connectivity index (χ1v) is 12.6. The molecule has 2 heterocycles. The number of nitrogens with zero attached hydrogens (tertiary/aromatic N) is 3. The van der Waals surface area contributed by atoms with Gasteiger partial charge in [-0.15, -0.1) is 0 Å². The average molecular weight is 579 g/mol. The molecule has 0 fully saturated rings. The summed E-state index contributed by atoms with van der Waals surface area (Å²) in [6.07, 6.45) is 1.67. The number of hydrazine groups is 1. The number of amidine groups is 1. The van der Waals surface area contributed by atoms with Crippen molar-refractivity contribution < 1.29 is 9.18 Å². The summed E-state index contributed by atoms with van der Waals surface area (Å²) in [5.41, 5.74) is 8.13. The van der Waals surface area contributed by atoms with Gasteiger partial charge >= 0.3 is 0 Å². The predicted molar refractivity (Wildman–Crippen MR) is 143 cm³/mol. The van der Waals surface area contributed by atoms with Gasteiger partial charge in [-0.05, 0) is 64.4 Å². The molecule has 2 N–H and O–H groups in total. The van der Waals surface area contributed by atoms with Gasteiger partial charge in [-0.2, -0.15) is 5.10 Å². The molecule has 0 saturated heterocycles. The van der Waals surface area contributed by atoms with E-state index in [4.69, 9.17) is 4.99 Å². The van der Waals surface area contributed by atoms with Crippen LogP contribution >= 0.6 is 22.6 Å². The fraction of sp³-hybridized carbons (Fsp3) is 0.148. The molecule has 6 nitrogen and oxygen atoms in total. The van der Waals surface area contributed by atoms with E-state index in [-0.39, 0.29) is 22.2 Å². The lowest BCUT2D eigenvalue weighted by Gasteiger charge is -2.33. The maximum Gasteiger partial charge on any atom is 0.242 e. The molecule has 4 aromatic rings. The maximum absolute atomic E-state index is 13.5. The summed E-state index contributed by atoms with van der Waals surface area (Å²) in [5.74, 6) is 0.322. The van der Waals surface area contributed by atoms with Crippen LogP contribution in [0.25, 0.3) is 11.3 Å². The molecule has 0 bridgehead atoms. The van der Waals surface area contributed by atoms with Gasteiger partial charge in [0.05, 0.1) is 12.1 Å². The third-order valence-electron chi connectivity index (χ3n) is 5.80. The number of rotatable bonds is 7. The maximum atomic E-state index is 13.5. The van der Waals surface area contributed by atoms with Crippen LogP contribution in [0.3, 0.4) is 0 Å². The summed E-state index contributed by atoms with van der Waals surface area (Å²) in [6, 6.07) is 26.0. The fourth-order valence-electron chi connectivity index (χ4n) is 4.03. The zero-order valence-electron chi connectivity index (χ0n) is 18.8. The van der Waals surface area contributed by atoms with Gasteiger partial charge in [0.25, 0.3) is 0 Å². The quantitative estimate of drug-likeness (QED) is 0.163. The van der Waals surface area contributed by atoms with E-state index in [1.807, 2.05) is 53.5 Å². The number of carbonyl (C=O) groups excluding carboxylic acids is 1. The molecule has 1 aliphatic rings. The first-order chi connectivity index (χ1) is 17.1. The molecular formula is C27H23FIN5O. The minimum absolute atomic E-state index is 0.119. The first kappa shape index (κ1) is 23.2. The van der Waals surface area contributed by atoms with Crippen LogP contribution in [0.5, 0.6) is 0 Å². The Hall–Kier alpha value is -3.53. The number of aromatic nitrogens is 2. The fourth-order valence-corrected chi connectivity index (χ4v) is 4.93. The Morgan fingerprint density at radius 1 is 0.943 bits per heavy atom. The molecule has 1 amide bonds. The molecule has 0 spiro atoms. The largest absolute Gasteiger partial charge is 0.277 e. The third-order valence-corrected chi connectivity index (χ3v) is 6.98. The normalized spacial score (nSPS) is 14.9. The van der Waals surface area contributed by atoms with Crippen molar-refractivity contribution in [3.63, 3.8) is 0 Å². The van der Waals surface area contributed by atoms with E-state index in [1.165, 1.54) is 17.7 Å². The lowest BCUT2D eigenvalue weighted by Crippen LogP contribution is -2.48. The Morgan fingerprint density at radius 2 is 1.60 bits per heavy atom. The van der Waals surface area contributed by atoms with Crippen molar-refractivity contribution in [1.82, 2.24) is 20.6 Å². The van der Waals surface area contributed by atoms with Crippen molar-refractivity contribution in [2.24, 2.45) is 4.99 Å². The van der Waals surface area contributed by atoms with E-state index in [1.54, 1.807) is 12.1 Å². The van der Waals surface area contributed by atoms with Gasteiger partial charge in [-0.25, -0.2) is 9.38 Å². The van der Waals surface area contributed by atoms with Crippen molar-refractivity contribution in [2.45, 2.75) is 23.3 Å². The third kappa shape index (κ3) is 5.27. The number of fused-ring (bicyclic) bond motifs is 1. The Morgan fingerprint density at radius 3 is 2.29 bits per heavy atom. The topological polar surface area (TPSA) is 73.4 Å². The molecule has 1 unspecified atom stereocenters. The Bertz CT molecular complexity index is 1340. The molecule has 1 aliphatic heterocycles. The van der Waals surface area contributed by atoms with Crippen molar-refractivity contribution in [2.75, 3.05) is 0 Å². The number of halogens is 2. The van der Waals surface area contributed by atoms with Gasteiger partial charge < -0.3 is 0 Å². The summed E-state index contributed by atoms with van der Waals surface area (Å²) >= 11 is 2.28. The van der Waals surface area contributed by atoms with E-state index < -0.39 is 0 Å². The van der Waals surface area contributed by atoms with Gasteiger partial charge in [0, 0.05) is 12.0 Å². The molecule has 1 aromatic heterocycles. The van der Waals surface area contributed by atoms with Gasteiger partial charge in [0.1, 0.15) is 27.1 Å². The standard InChI is InChI=1S/C27H23FIN5O/c28-21-14-12-20(13-15-21)24-25-26(32-31-24)27(29)34(33-23(35)17-19-9-5-2-6-10-19)22(30-25)16-11-18-7-3-1-4-8-18/h1-10,12-15,27H,11,16-17H2,(H,31,32)(H,33,35). The summed E-state index contributed by atoms with van der Waals surface area (Å²) in [5, 5.41) is 9.39. The van der Waals surface area contributed by atoms with Gasteiger partial charge in [0.15, 0.2) is 0 Å². The lowest BCUT2D eigenvalue weighted by atomic mass is 10.1. The van der Waals surface area contributed by atoms with Crippen LogP contribution < -0.4 is 5.43 Å². The monoisotopic (exact) mass is 579 g/mol. The second kappa shape index (κ2) is 10.4. The molecule has 8 heteroatoms. The predicted octanol–water partition coefficient (Wildman–Crippen LogP) is 5.90. The highest BCUT2D eigenvalue weighted by Crippen LogP contribution is 2.42. The molecule has 3 aromatic carbocycles. The second-order valence-corrected chi connectivity index (χ2v) is 9.44. The summed E-state index contributed by atoms with van der Waals surface area (Å²) in [6.45, 7) is 0. The van der Waals surface area contributed by atoms with Crippen LogP contribution in [0.2, 0.25) is 0 Å². The Labute approximate surface area is 216 Å². The van der Waals surface area contributed by atoms with Crippen LogP contribution in [-0.2, 0) is 17.6 Å². The molecular weight excluding hydrogens is 556 g/mol. The molecule has 0 radical (unpaired) electrons. The van der Waals surface area contributed by atoms with Crippen LogP contribution in [-0.4, -0.2) is 26.9 Å². The van der Waals surface area contributed by atoms with Crippen LogP contribution in [0.4, 0.5) is 10.1 Å². The summed E-state index contributed by atoms with van der Waals surface area (Å²) in [7, 11) is 0. The number of hydrogen-bond donors (Lipinski definition) is 2. The minimum Gasteiger partial charge on any atom is -0.277 e. The zero-order chi connectivity index (χ0) is 24.2. The van der Waals surface area contributed by atoms with Gasteiger partial charge in [0.2, 0.25) is 5.91 Å². The number of amides is 1. The lowest BCUT2D eigenvalue weighted by molar-refractivity contribution is -0.123. The highest BCUT2D eigenvalue weighted by Gasteiger charge is 2.33. The number of alkyl halides is 1. The number of carbonyl (C=O) groups is 1. The molecule has 1 atom stereocenters. The second-order valence-electron chi connectivity index (χ2n) is 8.26. The van der Waals surface area contributed by atoms with Gasteiger partial charge in [-0.3, -0.25) is 20.3 Å². The van der Waals surface area contributed by atoms with Gasteiger partial charge in [-0.1, -0.05) is 60.7 Å². The number of nitrogens with one attached hydrogen (secondary N) is 2. The van der Waals surface area contributed by atoms with Crippen molar-refractivity contribution in [1.29, 1.82) is 0 Å².